The summed E-state index contributed by atoms with van der Waals surface area (Å²) in [6, 6.07) is 36.8. The minimum Gasteiger partial charge on any atom is -0.478 e. The summed E-state index contributed by atoms with van der Waals surface area (Å²) in [5.41, 5.74) is 4.65. The van der Waals surface area contributed by atoms with Gasteiger partial charge in [-0.1, -0.05) is 89.8 Å². The Morgan fingerprint density at radius 1 is 0.541 bits per heavy atom. The maximum absolute atomic E-state index is 6.17. The fraction of sp³-hybridized carbons (Fsp3) is 0.200. The van der Waals surface area contributed by atoms with E-state index >= 15 is 0 Å². The smallest absolute Gasteiger partial charge is 0.213 e. The maximum atomic E-state index is 6.17. The van der Waals surface area contributed by atoms with Crippen molar-refractivity contribution in [1.29, 1.82) is 0 Å². The van der Waals surface area contributed by atoms with Crippen molar-refractivity contribution in [3.8, 4) is 33.8 Å². The molecule has 0 aliphatic heterocycles. The van der Waals surface area contributed by atoms with Crippen molar-refractivity contribution >= 4 is 7.51 Å². The molecule has 0 aliphatic rings. The third-order valence-corrected chi connectivity index (χ3v) is 9.61. The van der Waals surface area contributed by atoms with E-state index in [0.29, 0.717) is 12.5 Å². The Bertz CT molecular complexity index is 1300. The molecular weight excluding hydrogens is 479 g/mol. The van der Waals surface area contributed by atoms with Crippen molar-refractivity contribution in [2.45, 2.75) is 0 Å². The molecule has 6 nitrogen and oxygen atoms in total. The fourth-order valence-corrected chi connectivity index (χ4v) is 7.01. The van der Waals surface area contributed by atoms with Gasteiger partial charge in [0.2, 0.25) is 7.51 Å². The highest BCUT2D eigenvalue weighted by Crippen LogP contribution is 2.55. The van der Waals surface area contributed by atoms with Crippen LogP contribution in [0, 0.1) is 0 Å². The van der Waals surface area contributed by atoms with Crippen LogP contribution < -0.4 is 9.57 Å². The quantitative estimate of drug-likeness (QED) is 0.126. The summed E-state index contributed by atoms with van der Waals surface area (Å²) in [4.78, 5) is 10.8. The van der Waals surface area contributed by atoms with E-state index in [4.69, 9.17) is 14.5 Å². The Morgan fingerprint density at radius 3 is 1.38 bits per heavy atom. The van der Waals surface area contributed by atoms with E-state index in [2.05, 4.69) is 62.5 Å². The van der Waals surface area contributed by atoms with Crippen molar-refractivity contribution in [2.24, 2.45) is 4.91 Å². The third-order valence-electron chi connectivity index (χ3n) is 6.13. The largest absolute Gasteiger partial charge is 0.478 e. The summed E-state index contributed by atoms with van der Waals surface area (Å²) < 4.78 is 12.5. The average Bonchev–Trinajstić information content (AvgIpc) is 2.93. The lowest BCUT2D eigenvalue weighted by Crippen LogP contribution is -2.35. The van der Waals surface area contributed by atoms with Crippen LogP contribution in [-0.4, -0.2) is 56.0 Å². The molecule has 4 rings (SSSR count). The van der Waals surface area contributed by atoms with E-state index in [9.17, 15) is 0 Å². The first kappa shape index (κ1) is 26.6. The second kappa shape index (κ2) is 12.2. The van der Waals surface area contributed by atoms with Gasteiger partial charge in [-0.05, 0) is 81.8 Å². The zero-order valence-corrected chi connectivity index (χ0v) is 23.0. The standard InChI is InChI=1S/C30H35N4O2P/c1-32(2)37(33(3)4,31-36-30-22-18-28(19-23-30)26-14-10-7-11-15-26)34(5)24-35-29-20-16-27(17-21-29)25-12-8-6-9-13-25/h6-23H,24H2,1-5H3. The topological polar surface area (TPSA) is 40.5 Å². The van der Waals surface area contributed by atoms with Crippen molar-refractivity contribution in [1.82, 2.24) is 14.0 Å². The highest BCUT2D eigenvalue weighted by Gasteiger charge is 2.33. The van der Waals surface area contributed by atoms with Gasteiger partial charge in [-0.2, -0.15) is 0 Å². The van der Waals surface area contributed by atoms with Gasteiger partial charge in [-0.15, -0.1) is 0 Å². The molecule has 0 spiro atoms. The average molecular weight is 515 g/mol. The summed E-state index contributed by atoms with van der Waals surface area (Å²) in [6.07, 6.45) is 0. The SMILES string of the molecule is CN(C)P(=NOc1ccc(-c2ccccc2)cc1)(N(C)C)N(C)COc1ccc(-c2ccccc2)cc1. The Kier molecular flexibility index (Phi) is 8.80. The molecule has 0 saturated carbocycles. The van der Waals surface area contributed by atoms with Crippen LogP contribution in [0.15, 0.2) is 114 Å². The minimum absolute atomic E-state index is 0.356. The van der Waals surface area contributed by atoms with Gasteiger partial charge in [0, 0.05) is 0 Å². The predicted molar refractivity (Wildman–Crippen MR) is 154 cm³/mol. The molecule has 0 radical (unpaired) electrons. The van der Waals surface area contributed by atoms with Crippen LogP contribution in [0.4, 0.5) is 0 Å². The Balaban J connectivity index is 1.48. The molecule has 0 atom stereocenters. The number of hydrogen-bond acceptors (Lipinski definition) is 3. The van der Waals surface area contributed by atoms with E-state index in [1.807, 2.05) is 95.9 Å². The van der Waals surface area contributed by atoms with Gasteiger partial charge in [0.05, 0.1) is 0 Å². The lowest BCUT2D eigenvalue weighted by atomic mass is 10.1. The summed E-state index contributed by atoms with van der Waals surface area (Å²) in [5.74, 6) is 1.50. The molecule has 4 aromatic rings. The van der Waals surface area contributed by atoms with Crippen LogP contribution in [0.3, 0.4) is 0 Å². The van der Waals surface area contributed by atoms with E-state index in [-0.39, 0.29) is 0 Å². The second-order valence-corrected chi connectivity index (χ2v) is 12.6. The molecule has 0 fully saturated rings. The fourth-order valence-electron chi connectivity index (χ4n) is 4.24. The number of nitrogens with zero attached hydrogens (tertiary/aromatic N) is 4. The third kappa shape index (κ3) is 6.30. The van der Waals surface area contributed by atoms with E-state index in [1.54, 1.807) is 0 Å². The number of hydrogen-bond donors (Lipinski definition) is 0. The summed E-state index contributed by atoms with van der Waals surface area (Å²) >= 11 is 0. The van der Waals surface area contributed by atoms with Crippen LogP contribution >= 0.6 is 7.51 Å². The van der Waals surface area contributed by atoms with Crippen LogP contribution in [0.1, 0.15) is 0 Å². The lowest BCUT2D eigenvalue weighted by Gasteiger charge is -2.40. The molecule has 0 aromatic heterocycles. The second-order valence-electron chi connectivity index (χ2n) is 9.12. The van der Waals surface area contributed by atoms with Gasteiger partial charge in [0.25, 0.3) is 0 Å². The van der Waals surface area contributed by atoms with E-state index < -0.39 is 7.51 Å². The van der Waals surface area contributed by atoms with Gasteiger partial charge >= 0.3 is 0 Å². The van der Waals surface area contributed by atoms with Crippen LogP contribution in [0.2, 0.25) is 0 Å². The zero-order chi connectivity index (χ0) is 26.3. The Labute approximate surface area is 220 Å². The predicted octanol–water partition coefficient (Wildman–Crippen LogP) is 7.35. The van der Waals surface area contributed by atoms with E-state index in [0.717, 1.165) is 16.9 Å². The summed E-state index contributed by atoms with van der Waals surface area (Å²) in [6.45, 7) is 0.356. The van der Waals surface area contributed by atoms with Crippen molar-refractivity contribution in [3.05, 3.63) is 109 Å². The van der Waals surface area contributed by atoms with Gasteiger partial charge in [-0.25, -0.2) is 14.0 Å². The van der Waals surface area contributed by atoms with Crippen molar-refractivity contribution in [2.75, 3.05) is 42.0 Å². The molecule has 0 amide bonds. The first-order valence-electron chi connectivity index (χ1n) is 12.2. The van der Waals surface area contributed by atoms with Crippen molar-refractivity contribution in [3.63, 3.8) is 0 Å². The number of benzene rings is 4. The molecule has 0 aliphatic carbocycles. The van der Waals surface area contributed by atoms with Crippen molar-refractivity contribution < 1.29 is 9.57 Å². The Hall–Kier alpha value is -3.41. The highest BCUT2D eigenvalue weighted by molar-refractivity contribution is 7.58. The summed E-state index contributed by atoms with van der Waals surface area (Å²) in [5, 5.41) is 0. The molecule has 37 heavy (non-hydrogen) atoms. The molecule has 7 heteroatoms. The first-order valence-corrected chi connectivity index (χ1v) is 13.8. The normalized spacial score (nSPS) is 11.7. The van der Waals surface area contributed by atoms with Gasteiger partial charge in [0.15, 0.2) is 5.75 Å². The molecule has 0 heterocycles. The molecule has 0 unspecified atom stereocenters. The molecule has 0 saturated heterocycles. The minimum atomic E-state index is -2.38. The number of ether oxygens (including phenoxy) is 1. The zero-order valence-electron chi connectivity index (χ0n) is 22.2. The van der Waals surface area contributed by atoms with Gasteiger partial charge in [0.1, 0.15) is 12.5 Å². The molecule has 0 bridgehead atoms. The molecule has 192 valence electrons. The van der Waals surface area contributed by atoms with Gasteiger partial charge in [-0.3, -0.25) is 0 Å². The highest BCUT2D eigenvalue weighted by atomic mass is 31.2. The molecule has 4 aromatic carbocycles. The van der Waals surface area contributed by atoms with Crippen LogP contribution in [-0.2, 0) is 0 Å². The molecular formula is C30H35N4O2P. The lowest BCUT2D eigenvalue weighted by molar-refractivity contribution is 0.207. The first-order chi connectivity index (χ1) is 17.9. The van der Waals surface area contributed by atoms with Crippen LogP contribution in [0.25, 0.3) is 22.3 Å². The monoisotopic (exact) mass is 514 g/mol. The van der Waals surface area contributed by atoms with Gasteiger partial charge < -0.3 is 9.57 Å². The molecule has 0 N–H and O–H groups in total. The Morgan fingerprint density at radius 2 is 0.946 bits per heavy atom. The summed E-state index contributed by atoms with van der Waals surface area (Å²) in [7, 11) is 7.70. The van der Waals surface area contributed by atoms with E-state index in [1.165, 1.54) is 11.1 Å². The number of rotatable bonds is 10. The maximum Gasteiger partial charge on any atom is 0.213 e. The van der Waals surface area contributed by atoms with Crippen LogP contribution in [0.5, 0.6) is 11.5 Å².